The minimum absolute atomic E-state index is 0.139. The smallest absolute Gasteiger partial charge is 0.258 e. The van der Waals surface area contributed by atoms with Gasteiger partial charge in [-0.2, -0.15) is 0 Å². The summed E-state index contributed by atoms with van der Waals surface area (Å²) in [6, 6.07) is 7.62. The monoisotopic (exact) mass is 303 g/mol. The molecule has 0 atom stereocenters. The van der Waals surface area contributed by atoms with Crippen LogP contribution in [0.15, 0.2) is 35.8 Å². The fraction of sp³-hybridized carbons (Fsp3) is 0.0714. The van der Waals surface area contributed by atoms with Crippen molar-refractivity contribution in [1.29, 1.82) is 0 Å². The lowest BCUT2D eigenvalue weighted by atomic mass is 10.2. The van der Waals surface area contributed by atoms with Gasteiger partial charge in [-0.15, -0.1) is 11.3 Å². The molecule has 0 fully saturated rings. The van der Waals surface area contributed by atoms with Crippen molar-refractivity contribution in [1.82, 2.24) is 9.97 Å². The van der Waals surface area contributed by atoms with Gasteiger partial charge in [-0.05, 0) is 30.7 Å². The van der Waals surface area contributed by atoms with Gasteiger partial charge < -0.3 is 5.32 Å². The van der Waals surface area contributed by atoms with E-state index in [1.54, 1.807) is 11.6 Å². The second-order valence-electron chi connectivity index (χ2n) is 4.32. The first-order chi connectivity index (χ1) is 9.63. The lowest BCUT2D eigenvalue weighted by Gasteiger charge is -2.04. The van der Waals surface area contributed by atoms with Crippen LogP contribution in [0.4, 0.5) is 5.69 Å². The molecule has 3 rings (SSSR count). The lowest BCUT2D eigenvalue weighted by Crippen LogP contribution is -2.11. The van der Waals surface area contributed by atoms with E-state index in [2.05, 4.69) is 15.3 Å². The fourth-order valence-corrected chi connectivity index (χ4v) is 2.78. The van der Waals surface area contributed by atoms with Crippen molar-refractivity contribution in [3.8, 4) is 0 Å². The Hall–Kier alpha value is -1.98. The number of aryl methyl sites for hydroxylation is 1. The summed E-state index contributed by atoms with van der Waals surface area (Å²) in [5.74, 6) is -0.199. The molecule has 3 aromatic rings. The number of nitrogens with zero attached hydrogens (tertiary/aromatic N) is 2. The summed E-state index contributed by atoms with van der Waals surface area (Å²) in [6.07, 6.45) is 1.62. The van der Waals surface area contributed by atoms with Crippen LogP contribution in [-0.2, 0) is 0 Å². The third-order valence-electron chi connectivity index (χ3n) is 2.84. The van der Waals surface area contributed by atoms with Gasteiger partial charge in [0, 0.05) is 17.3 Å². The second-order valence-corrected chi connectivity index (χ2v) is 5.57. The van der Waals surface area contributed by atoms with Crippen LogP contribution >= 0.6 is 22.9 Å². The third-order valence-corrected chi connectivity index (χ3v) is 3.93. The predicted octanol–water partition coefficient (Wildman–Crippen LogP) is 3.91. The number of hydrogen-bond acceptors (Lipinski definition) is 4. The van der Waals surface area contributed by atoms with Gasteiger partial charge in [0.05, 0.1) is 15.8 Å². The Morgan fingerprint density at radius 2 is 2.05 bits per heavy atom. The summed E-state index contributed by atoms with van der Waals surface area (Å²) < 4.78 is 0.837. The highest BCUT2D eigenvalue weighted by molar-refractivity contribution is 7.17. The van der Waals surface area contributed by atoms with E-state index >= 15 is 0 Å². The van der Waals surface area contributed by atoms with Gasteiger partial charge >= 0.3 is 0 Å². The maximum Gasteiger partial charge on any atom is 0.258 e. The largest absolute Gasteiger partial charge is 0.322 e. The number of thiophene rings is 1. The molecule has 0 bridgehead atoms. The number of nitrogens with one attached hydrogen (secondary N) is 1. The zero-order valence-electron chi connectivity index (χ0n) is 10.6. The van der Waals surface area contributed by atoms with Gasteiger partial charge in [0.15, 0.2) is 0 Å². The molecule has 100 valence electrons. The number of rotatable bonds is 2. The summed E-state index contributed by atoms with van der Waals surface area (Å²) in [7, 11) is 0. The number of benzene rings is 1. The Labute approximate surface area is 124 Å². The second kappa shape index (κ2) is 5.19. The standard InChI is InChI=1S/C14H10ClN3OS/c1-8-2-4-9(5-3-8)17-13(19)10-7-20-11-6-16-14(15)18-12(10)11/h2-7H,1H3,(H,17,19). The Morgan fingerprint density at radius 1 is 1.30 bits per heavy atom. The highest BCUT2D eigenvalue weighted by Gasteiger charge is 2.14. The van der Waals surface area contributed by atoms with E-state index < -0.39 is 0 Å². The topological polar surface area (TPSA) is 54.9 Å². The van der Waals surface area contributed by atoms with Crippen molar-refractivity contribution in [3.05, 3.63) is 52.3 Å². The first-order valence-electron chi connectivity index (χ1n) is 5.91. The molecular formula is C14H10ClN3OS. The molecule has 6 heteroatoms. The summed E-state index contributed by atoms with van der Waals surface area (Å²) in [5, 5.41) is 4.75. The quantitative estimate of drug-likeness (QED) is 0.730. The van der Waals surface area contributed by atoms with Gasteiger partial charge in [0.1, 0.15) is 0 Å². The molecule has 0 spiro atoms. The average Bonchev–Trinajstić information content (AvgIpc) is 2.84. The van der Waals surface area contributed by atoms with Crippen molar-refractivity contribution in [2.24, 2.45) is 0 Å². The van der Waals surface area contributed by atoms with Gasteiger partial charge in [-0.25, -0.2) is 9.97 Å². The third kappa shape index (κ3) is 2.50. The molecule has 0 radical (unpaired) electrons. The van der Waals surface area contributed by atoms with Crippen LogP contribution in [0.3, 0.4) is 0 Å². The van der Waals surface area contributed by atoms with Gasteiger partial charge in [0.2, 0.25) is 5.28 Å². The average molecular weight is 304 g/mol. The molecule has 1 aromatic carbocycles. The fourth-order valence-electron chi connectivity index (χ4n) is 1.80. The van der Waals surface area contributed by atoms with Crippen LogP contribution in [0.1, 0.15) is 15.9 Å². The van der Waals surface area contributed by atoms with Gasteiger partial charge in [0.25, 0.3) is 5.91 Å². The normalized spacial score (nSPS) is 10.7. The number of aromatic nitrogens is 2. The molecule has 2 heterocycles. The molecular weight excluding hydrogens is 294 g/mol. The number of amides is 1. The van der Waals surface area contributed by atoms with Crippen LogP contribution in [0, 0.1) is 6.92 Å². The number of carbonyl (C=O) groups excluding carboxylic acids is 1. The van der Waals surface area contributed by atoms with E-state index in [-0.39, 0.29) is 11.2 Å². The van der Waals surface area contributed by atoms with Crippen LogP contribution in [0.2, 0.25) is 5.28 Å². The molecule has 0 saturated carbocycles. The van der Waals surface area contributed by atoms with Gasteiger partial charge in [-0.3, -0.25) is 4.79 Å². The van der Waals surface area contributed by atoms with E-state index in [9.17, 15) is 4.79 Å². The van der Waals surface area contributed by atoms with Crippen molar-refractivity contribution in [2.75, 3.05) is 5.32 Å². The lowest BCUT2D eigenvalue weighted by molar-refractivity contribution is 0.102. The number of fused-ring (bicyclic) bond motifs is 1. The zero-order valence-corrected chi connectivity index (χ0v) is 12.1. The van der Waals surface area contributed by atoms with Crippen molar-refractivity contribution in [3.63, 3.8) is 0 Å². The first kappa shape index (κ1) is 13.0. The Kier molecular flexibility index (Phi) is 3.38. The Bertz CT molecular complexity index is 783. The molecule has 0 aliphatic heterocycles. The van der Waals surface area contributed by atoms with Gasteiger partial charge in [-0.1, -0.05) is 17.7 Å². The van der Waals surface area contributed by atoms with Crippen LogP contribution in [0.5, 0.6) is 0 Å². The first-order valence-corrected chi connectivity index (χ1v) is 7.17. The highest BCUT2D eigenvalue weighted by atomic mass is 35.5. The molecule has 1 amide bonds. The van der Waals surface area contributed by atoms with Crippen molar-refractivity contribution < 1.29 is 4.79 Å². The number of carbonyl (C=O) groups is 1. The van der Waals surface area contributed by atoms with E-state index in [4.69, 9.17) is 11.6 Å². The minimum atomic E-state index is -0.199. The molecule has 2 aromatic heterocycles. The molecule has 0 aliphatic carbocycles. The van der Waals surface area contributed by atoms with Crippen LogP contribution in [0.25, 0.3) is 10.2 Å². The number of hydrogen-bond donors (Lipinski definition) is 1. The van der Waals surface area contributed by atoms with Crippen molar-refractivity contribution >= 4 is 44.7 Å². The van der Waals surface area contributed by atoms with Crippen LogP contribution in [-0.4, -0.2) is 15.9 Å². The van der Waals surface area contributed by atoms with E-state index in [1.165, 1.54) is 11.3 Å². The summed E-state index contributed by atoms with van der Waals surface area (Å²) >= 11 is 7.20. The molecule has 0 saturated heterocycles. The molecule has 0 unspecified atom stereocenters. The molecule has 0 aliphatic rings. The summed E-state index contributed by atoms with van der Waals surface area (Å²) in [4.78, 5) is 20.3. The van der Waals surface area contributed by atoms with E-state index in [0.29, 0.717) is 11.1 Å². The number of anilines is 1. The number of halogens is 1. The molecule has 4 nitrogen and oxygen atoms in total. The predicted molar refractivity (Wildman–Crippen MR) is 81.6 cm³/mol. The maximum atomic E-state index is 12.3. The zero-order chi connectivity index (χ0) is 14.1. The molecule has 20 heavy (non-hydrogen) atoms. The minimum Gasteiger partial charge on any atom is -0.322 e. The SMILES string of the molecule is Cc1ccc(NC(=O)c2csc3cnc(Cl)nc23)cc1. The Balaban J connectivity index is 1.92. The van der Waals surface area contributed by atoms with E-state index in [1.807, 2.05) is 31.2 Å². The summed E-state index contributed by atoms with van der Waals surface area (Å²) in [5.41, 5.74) is 2.98. The maximum absolute atomic E-state index is 12.3. The highest BCUT2D eigenvalue weighted by Crippen LogP contribution is 2.25. The van der Waals surface area contributed by atoms with Crippen LogP contribution < -0.4 is 5.32 Å². The Morgan fingerprint density at radius 3 is 2.80 bits per heavy atom. The van der Waals surface area contributed by atoms with E-state index in [0.717, 1.165) is 16.0 Å². The summed E-state index contributed by atoms with van der Waals surface area (Å²) in [6.45, 7) is 2.00. The molecule has 1 N–H and O–H groups in total. The van der Waals surface area contributed by atoms with Crippen molar-refractivity contribution in [2.45, 2.75) is 6.92 Å².